The van der Waals surface area contributed by atoms with Crippen molar-refractivity contribution >= 4 is 10.9 Å². The van der Waals surface area contributed by atoms with Crippen molar-refractivity contribution in [3.05, 3.63) is 74.6 Å². The lowest BCUT2D eigenvalue weighted by atomic mass is 9.95. The molecule has 0 aliphatic heterocycles. The van der Waals surface area contributed by atoms with E-state index in [0.717, 1.165) is 43.2 Å². The fourth-order valence-corrected chi connectivity index (χ4v) is 4.72. The van der Waals surface area contributed by atoms with Crippen LogP contribution in [0, 0.1) is 0 Å². The molecule has 4 rings (SSSR count). The highest BCUT2D eigenvalue weighted by Crippen LogP contribution is 2.30. The first-order valence-corrected chi connectivity index (χ1v) is 10.7. The van der Waals surface area contributed by atoms with Gasteiger partial charge in [-0.15, -0.1) is 0 Å². The zero-order valence-electron chi connectivity index (χ0n) is 17.5. The second-order valence-electron chi connectivity index (χ2n) is 8.30. The van der Waals surface area contributed by atoms with E-state index in [1.54, 1.807) is 6.07 Å². The molecule has 0 spiro atoms. The highest BCUT2D eigenvalue weighted by atomic mass is 16.3. The summed E-state index contributed by atoms with van der Waals surface area (Å²) in [5.41, 5.74) is 7.44. The number of benzene rings is 2. The lowest BCUT2D eigenvalue weighted by molar-refractivity contribution is 0.479. The fourth-order valence-electron chi connectivity index (χ4n) is 4.72. The maximum atomic E-state index is 11.6. The molecule has 4 heteroatoms. The summed E-state index contributed by atoms with van der Waals surface area (Å²) in [4.78, 5) is 14.4. The first-order valence-electron chi connectivity index (χ1n) is 10.7. The largest absolute Gasteiger partial charge is 0.506 e. The summed E-state index contributed by atoms with van der Waals surface area (Å²) in [6.45, 7) is 7.53. The molecule has 0 fully saturated rings. The molecule has 3 N–H and O–H groups in total. The van der Waals surface area contributed by atoms with Crippen LogP contribution in [0.5, 0.6) is 5.75 Å². The number of phenolic OH excluding ortho intramolecular Hbond substituents is 1. The maximum absolute atomic E-state index is 11.6. The van der Waals surface area contributed by atoms with Gasteiger partial charge < -0.3 is 15.4 Å². The van der Waals surface area contributed by atoms with Crippen LogP contribution in [-0.4, -0.2) is 22.7 Å². The summed E-state index contributed by atoms with van der Waals surface area (Å²) in [6.07, 6.45) is 4.37. The normalized spacial score (nSPS) is 15.0. The minimum Gasteiger partial charge on any atom is -0.506 e. The number of rotatable bonds is 6. The molecule has 1 atom stereocenters. The van der Waals surface area contributed by atoms with Gasteiger partial charge in [0.05, 0.1) is 5.52 Å². The number of aryl methyl sites for hydroxylation is 2. The summed E-state index contributed by atoms with van der Waals surface area (Å²) in [6, 6.07) is 12.3. The second-order valence-corrected chi connectivity index (χ2v) is 8.30. The fraction of sp³-hybridized carbons (Fsp3) is 0.400. The Hall–Kier alpha value is -2.59. The number of hydrogen-bond donors (Lipinski definition) is 3. The van der Waals surface area contributed by atoms with Crippen LogP contribution in [0.1, 0.15) is 54.5 Å². The number of aromatic amines is 1. The van der Waals surface area contributed by atoms with Gasteiger partial charge in [0, 0.05) is 24.0 Å². The molecule has 1 aromatic heterocycles. The van der Waals surface area contributed by atoms with E-state index in [4.69, 9.17) is 0 Å². The molecule has 0 amide bonds. The molecule has 1 aliphatic rings. The summed E-state index contributed by atoms with van der Waals surface area (Å²) in [5, 5.41) is 14.8. The Kier molecular flexibility index (Phi) is 5.46. The summed E-state index contributed by atoms with van der Waals surface area (Å²) in [5.74, 6) is 0.386. The van der Waals surface area contributed by atoms with Crippen LogP contribution >= 0.6 is 0 Å². The van der Waals surface area contributed by atoms with Crippen LogP contribution in [-0.2, 0) is 25.7 Å². The molecular weight excluding hydrogens is 360 g/mol. The topological polar surface area (TPSA) is 65.1 Å². The number of aromatic nitrogens is 1. The molecule has 152 valence electrons. The number of H-pyrrole nitrogens is 1. The van der Waals surface area contributed by atoms with Gasteiger partial charge in [0.15, 0.2) is 0 Å². The Balaban J connectivity index is 1.48. The molecule has 0 radical (unpaired) electrons. The minimum atomic E-state index is -0.197. The third kappa shape index (κ3) is 3.82. The molecule has 0 saturated carbocycles. The Morgan fingerprint density at radius 1 is 1.07 bits per heavy atom. The predicted octanol–water partition coefficient (Wildman–Crippen LogP) is 4.22. The maximum Gasteiger partial charge on any atom is 0.248 e. The number of nitrogens with one attached hydrogen (secondary N) is 2. The molecule has 1 aliphatic carbocycles. The van der Waals surface area contributed by atoms with Crippen LogP contribution in [0.25, 0.3) is 10.9 Å². The van der Waals surface area contributed by atoms with Gasteiger partial charge in [0.1, 0.15) is 5.75 Å². The average molecular weight is 391 g/mol. The predicted molar refractivity (Wildman–Crippen MR) is 119 cm³/mol. The minimum absolute atomic E-state index is 0.117. The lowest BCUT2D eigenvalue weighted by Crippen LogP contribution is -2.32. The number of hydrogen-bond acceptors (Lipinski definition) is 3. The van der Waals surface area contributed by atoms with Gasteiger partial charge in [-0.1, -0.05) is 39.0 Å². The molecule has 29 heavy (non-hydrogen) atoms. The molecular formula is C25H30N2O2. The Labute approximate surface area is 172 Å². The van der Waals surface area contributed by atoms with Crippen LogP contribution in [0.2, 0.25) is 0 Å². The Morgan fingerprint density at radius 2 is 1.72 bits per heavy atom. The smallest absolute Gasteiger partial charge is 0.248 e. The van der Waals surface area contributed by atoms with Crippen molar-refractivity contribution in [2.24, 2.45) is 0 Å². The van der Waals surface area contributed by atoms with Crippen LogP contribution in [0.3, 0.4) is 0 Å². The van der Waals surface area contributed by atoms with Crippen LogP contribution in [0.4, 0.5) is 0 Å². The third-order valence-corrected chi connectivity index (χ3v) is 6.37. The highest BCUT2D eigenvalue weighted by molar-refractivity contribution is 5.87. The molecule has 1 heterocycles. The van der Waals surface area contributed by atoms with Crippen molar-refractivity contribution in [2.75, 3.05) is 6.54 Å². The first-order chi connectivity index (χ1) is 14.0. The highest BCUT2D eigenvalue weighted by Gasteiger charge is 2.23. The summed E-state index contributed by atoms with van der Waals surface area (Å²) < 4.78 is 0. The Morgan fingerprint density at radius 3 is 2.34 bits per heavy atom. The van der Waals surface area contributed by atoms with E-state index in [9.17, 15) is 9.90 Å². The van der Waals surface area contributed by atoms with E-state index in [1.807, 2.05) is 12.1 Å². The molecule has 4 nitrogen and oxygen atoms in total. The van der Waals surface area contributed by atoms with E-state index in [1.165, 1.54) is 28.3 Å². The van der Waals surface area contributed by atoms with Crippen molar-refractivity contribution < 1.29 is 5.11 Å². The van der Waals surface area contributed by atoms with Gasteiger partial charge in [-0.3, -0.25) is 4.79 Å². The summed E-state index contributed by atoms with van der Waals surface area (Å²) >= 11 is 0. The van der Waals surface area contributed by atoms with Gasteiger partial charge in [0.2, 0.25) is 5.56 Å². The standard InChI is InChI=1S/C25H30N2O2/c1-4-16-10-18-12-20(13-19(18)11-17(16)5-2)26-14-15(3)21-6-8-23(28)25-22(21)7-9-24(29)27-25/h6-11,15,20,26,28H,4-5,12-14H2,1-3H3,(H,27,29). The number of phenols is 1. The SMILES string of the molecule is CCc1cc2c(cc1CC)CC(NCC(C)c1ccc(O)c3[nH]c(=O)ccc13)C2. The van der Waals surface area contributed by atoms with Crippen LogP contribution in [0.15, 0.2) is 41.2 Å². The quantitative estimate of drug-likeness (QED) is 0.590. The monoisotopic (exact) mass is 390 g/mol. The van der Waals surface area contributed by atoms with Gasteiger partial charge >= 0.3 is 0 Å². The lowest BCUT2D eigenvalue weighted by Gasteiger charge is -2.19. The number of aromatic hydroxyl groups is 1. The molecule has 0 saturated heterocycles. The molecule has 1 unspecified atom stereocenters. The second kappa shape index (κ2) is 8.03. The van der Waals surface area contributed by atoms with Gasteiger partial charge in [-0.25, -0.2) is 0 Å². The third-order valence-electron chi connectivity index (χ3n) is 6.37. The van der Waals surface area contributed by atoms with Crippen molar-refractivity contribution in [3.63, 3.8) is 0 Å². The van der Waals surface area contributed by atoms with Crippen LogP contribution < -0.4 is 10.9 Å². The number of fused-ring (bicyclic) bond motifs is 2. The van der Waals surface area contributed by atoms with E-state index in [-0.39, 0.29) is 17.2 Å². The van der Waals surface area contributed by atoms with E-state index < -0.39 is 0 Å². The van der Waals surface area contributed by atoms with Gasteiger partial charge in [-0.05, 0) is 71.6 Å². The molecule has 2 aromatic carbocycles. The average Bonchev–Trinajstić information content (AvgIpc) is 3.13. The van der Waals surface area contributed by atoms with Crippen molar-refractivity contribution in [2.45, 2.75) is 58.4 Å². The zero-order valence-corrected chi connectivity index (χ0v) is 17.5. The van der Waals surface area contributed by atoms with E-state index >= 15 is 0 Å². The molecule has 0 bridgehead atoms. The van der Waals surface area contributed by atoms with Crippen molar-refractivity contribution in [3.8, 4) is 5.75 Å². The van der Waals surface area contributed by atoms with Gasteiger partial charge in [0.25, 0.3) is 0 Å². The number of pyridine rings is 1. The Bertz CT molecular complexity index is 1070. The van der Waals surface area contributed by atoms with Crippen molar-refractivity contribution in [1.29, 1.82) is 0 Å². The van der Waals surface area contributed by atoms with E-state index in [2.05, 4.69) is 43.2 Å². The van der Waals surface area contributed by atoms with Crippen molar-refractivity contribution in [1.82, 2.24) is 10.3 Å². The molecule has 3 aromatic rings. The van der Waals surface area contributed by atoms with Gasteiger partial charge in [-0.2, -0.15) is 0 Å². The van der Waals surface area contributed by atoms with E-state index in [0.29, 0.717) is 11.6 Å². The summed E-state index contributed by atoms with van der Waals surface area (Å²) in [7, 11) is 0. The first kappa shape index (κ1) is 19.7. The zero-order chi connectivity index (χ0) is 20.5.